The van der Waals surface area contributed by atoms with Crippen molar-refractivity contribution in [3.05, 3.63) is 40.3 Å². The van der Waals surface area contributed by atoms with Gasteiger partial charge in [-0.15, -0.1) is 0 Å². The molecule has 0 aliphatic heterocycles. The highest BCUT2D eigenvalue weighted by molar-refractivity contribution is 9.10. The third-order valence-corrected chi connectivity index (χ3v) is 2.79. The maximum atomic E-state index is 11.9. The van der Waals surface area contributed by atoms with Crippen molar-refractivity contribution in [3.8, 4) is 0 Å². The summed E-state index contributed by atoms with van der Waals surface area (Å²) in [6.07, 6.45) is 2.99. The molecule has 0 bridgehead atoms. The predicted octanol–water partition coefficient (Wildman–Crippen LogP) is 1.45. The molecule has 0 aliphatic carbocycles. The number of hydrogen-bond acceptors (Lipinski definition) is 4. The van der Waals surface area contributed by atoms with E-state index in [0.717, 1.165) is 4.47 Å². The molecule has 6 nitrogen and oxygen atoms in total. The molecule has 1 amide bonds. The number of rotatable bonds is 3. The number of aromatic amines is 1. The lowest BCUT2D eigenvalue weighted by molar-refractivity contribution is 0.102. The van der Waals surface area contributed by atoms with Crippen LogP contribution in [-0.2, 0) is 0 Å². The van der Waals surface area contributed by atoms with Gasteiger partial charge in [-0.25, -0.2) is 4.98 Å². The van der Waals surface area contributed by atoms with Gasteiger partial charge in [0.15, 0.2) is 0 Å². The van der Waals surface area contributed by atoms with Gasteiger partial charge in [0, 0.05) is 10.7 Å². The summed E-state index contributed by atoms with van der Waals surface area (Å²) >= 11 is 8.08. The predicted molar refractivity (Wildman–Crippen MR) is 74.4 cm³/mol. The molecule has 0 fully saturated rings. The maximum Gasteiger partial charge on any atom is 0.275 e. The fourth-order valence-corrected chi connectivity index (χ4v) is 1.65. The smallest absolute Gasteiger partial charge is 0.275 e. The Morgan fingerprint density at radius 2 is 2.22 bits per heavy atom. The molecule has 0 atom stereocenters. The van der Waals surface area contributed by atoms with E-state index in [-0.39, 0.29) is 16.6 Å². The minimum atomic E-state index is -0.371. The van der Waals surface area contributed by atoms with Gasteiger partial charge in [-0.2, -0.15) is 5.10 Å². The molecule has 2 heterocycles. The number of nitrogens with zero attached hydrogens (tertiary/aromatic N) is 2. The highest BCUT2D eigenvalue weighted by Gasteiger charge is 2.13. The average Bonchev–Trinajstić information content (AvgIpc) is 2.78. The molecule has 2 rings (SSSR count). The number of nitrogens with two attached hydrogens (primary N) is 1. The van der Waals surface area contributed by atoms with Crippen LogP contribution < -0.4 is 11.1 Å². The van der Waals surface area contributed by atoms with E-state index in [1.54, 1.807) is 12.1 Å². The monoisotopic (exact) mass is 325 g/mol. The van der Waals surface area contributed by atoms with E-state index in [2.05, 4.69) is 36.4 Å². The second-order valence-corrected chi connectivity index (χ2v) is 4.69. The molecule has 92 valence electrons. The van der Waals surface area contributed by atoms with Gasteiger partial charge in [0.2, 0.25) is 0 Å². The first-order valence-corrected chi connectivity index (χ1v) is 6.04. The number of pyridine rings is 1. The first kappa shape index (κ1) is 12.7. The van der Waals surface area contributed by atoms with Gasteiger partial charge in [-0.05, 0) is 28.1 Å². The second kappa shape index (κ2) is 5.23. The number of anilines is 1. The number of carbonyl (C=O) groups is 1. The van der Waals surface area contributed by atoms with E-state index in [9.17, 15) is 4.79 Å². The van der Waals surface area contributed by atoms with Crippen LogP contribution in [-0.4, -0.2) is 26.1 Å². The molecule has 2 aromatic heterocycles. The summed E-state index contributed by atoms with van der Waals surface area (Å²) < 4.78 is 0.796. The summed E-state index contributed by atoms with van der Waals surface area (Å²) in [5.74, 6) is -0.0125. The van der Waals surface area contributed by atoms with Gasteiger partial charge in [-0.1, -0.05) is 12.2 Å². The number of halogens is 1. The number of aromatic nitrogens is 3. The van der Waals surface area contributed by atoms with Gasteiger partial charge < -0.3 is 11.1 Å². The minimum Gasteiger partial charge on any atom is -0.389 e. The average molecular weight is 326 g/mol. The molecule has 4 N–H and O–H groups in total. The lowest BCUT2D eigenvalue weighted by atomic mass is 10.3. The fraction of sp³-hybridized carbons (Fsp3) is 0. The first-order valence-electron chi connectivity index (χ1n) is 4.84. The van der Waals surface area contributed by atoms with E-state index in [1.165, 1.54) is 12.4 Å². The van der Waals surface area contributed by atoms with Crippen molar-refractivity contribution in [1.82, 2.24) is 15.2 Å². The Labute approximate surface area is 116 Å². The van der Waals surface area contributed by atoms with Gasteiger partial charge in [0.1, 0.15) is 16.5 Å². The topological polar surface area (TPSA) is 96.7 Å². The standard InChI is InChI=1S/C10H8BrN5OS/c11-5-1-2-7(13-3-5)10(17)15-9-6(8(12)18)4-14-16-9/h1-4H,(H2,12,18)(H2,14,15,16,17). The Bertz CT molecular complexity index is 595. The second-order valence-electron chi connectivity index (χ2n) is 3.34. The van der Waals surface area contributed by atoms with Crippen LogP contribution in [0.4, 0.5) is 5.82 Å². The van der Waals surface area contributed by atoms with Gasteiger partial charge in [-0.3, -0.25) is 9.89 Å². The number of H-pyrrole nitrogens is 1. The van der Waals surface area contributed by atoms with Crippen LogP contribution in [0.5, 0.6) is 0 Å². The Morgan fingerprint density at radius 1 is 1.44 bits per heavy atom. The zero-order valence-electron chi connectivity index (χ0n) is 8.98. The van der Waals surface area contributed by atoms with Gasteiger partial charge in [0.05, 0.1) is 11.8 Å². The van der Waals surface area contributed by atoms with Crippen LogP contribution in [0.2, 0.25) is 0 Å². The molecule has 18 heavy (non-hydrogen) atoms. The molecule has 0 radical (unpaired) electrons. The first-order chi connectivity index (χ1) is 8.58. The molecule has 0 saturated carbocycles. The summed E-state index contributed by atoms with van der Waals surface area (Å²) in [7, 11) is 0. The van der Waals surface area contributed by atoms with E-state index >= 15 is 0 Å². The van der Waals surface area contributed by atoms with Crippen LogP contribution >= 0.6 is 28.1 Å². The van der Waals surface area contributed by atoms with Gasteiger partial charge >= 0.3 is 0 Å². The highest BCUT2D eigenvalue weighted by Crippen LogP contribution is 2.13. The van der Waals surface area contributed by atoms with Crippen molar-refractivity contribution in [2.75, 3.05) is 5.32 Å². The third-order valence-electron chi connectivity index (χ3n) is 2.10. The number of carbonyl (C=O) groups excluding carboxylic acids is 1. The third kappa shape index (κ3) is 2.71. The quantitative estimate of drug-likeness (QED) is 0.742. The van der Waals surface area contributed by atoms with E-state index in [0.29, 0.717) is 11.4 Å². The van der Waals surface area contributed by atoms with Crippen molar-refractivity contribution < 1.29 is 4.79 Å². The zero-order valence-corrected chi connectivity index (χ0v) is 11.4. The fourth-order valence-electron chi connectivity index (χ4n) is 1.26. The van der Waals surface area contributed by atoms with Crippen LogP contribution in [0.1, 0.15) is 16.1 Å². The Kier molecular flexibility index (Phi) is 3.68. The summed E-state index contributed by atoms with van der Waals surface area (Å²) in [6, 6.07) is 3.32. The highest BCUT2D eigenvalue weighted by atomic mass is 79.9. The number of hydrogen-bond donors (Lipinski definition) is 3. The molecule has 2 aromatic rings. The Balaban J connectivity index is 2.19. The molecule has 0 spiro atoms. The van der Waals surface area contributed by atoms with Crippen LogP contribution in [0.15, 0.2) is 29.0 Å². The Morgan fingerprint density at radius 3 is 2.83 bits per heavy atom. The molecule has 0 saturated heterocycles. The molecular formula is C10H8BrN5OS. The largest absolute Gasteiger partial charge is 0.389 e. The van der Waals surface area contributed by atoms with Crippen molar-refractivity contribution >= 4 is 44.9 Å². The number of amides is 1. The van der Waals surface area contributed by atoms with Gasteiger partial charge in [0.25, 0.3) is 5.91 Å². The lowest BCUT2D eigenvalue weighted by Gasteiger charge is -2.04. The van der Waals surface area contributed by atoms with Crippen LogP contribution in [0.3, 0.4) is 0 Å². The van der Waals surface area contributed by atoms with E-state index < -0.39 is 0 Å². The molecule has 8 heteroatoms. The molecular weight excluding hydrogens is 318 g/mol. The lowest BCUT2D eigenvalue weighted by Crippen LogP contribution is -2.17. The van der Waals surface area contributed by atoms with Crippen LogP contribution in [0.25, 0.3) is 0 Å². The summed E-state index contributed by atoms with van der Waals surface area (Å²) in [5, 5.41) is 8.99. The van der Waals surface area contributed by atoms with Crippen molar-refractivity contribution in [1.29, 1.82) is 0 Å². The Hall–Kier alpha value is -1.80. The number of thiocarbonyl (C=S) groups is 1. The minimum absolute atomic E-state index is 0.155. The molecule has 0 aliphatic rings. The van der Waals surface area contributed by atoms with Crippen molar-refractivity contribution in [3.63, 3.8) is 0 Å². The summed E-state index contributed by atoms with van der Waals surface area (Å²) in [4.78, 5) is 16.0. The van der Waals surface area contributed by atoms with Crippen molar-refractivity contribution in [2.24, 2.45) is 5.73 Å². The maximum absolute atomic E-state index is 11.9. The SMILES string of the molecule is NC(=S)c1cn[nH]c1NC(=O)c1ccc(Br)cn1. The van der Waals surface area contributed by atoms with Crippen molar-refractivity contribution in [2.45, 2.75) is 0 Å². The van der Waals surface area contributed by atoms with Crippen LogP contribution in [0, 0.1) is 0 Å². The number of nitrogens with one attached hydrogen (secondary N) is 2. The molecule has 0 aromatic carbocycles. The van der Waals surface area contributed by atoms with E-state index in [4.69, 9.17) is 18.0 Å². The summed E-state index contributed by atoms with van der Waals surface area (Å²) in [6.45, 7) is 0. The normalized spacial score (nSPS) is 10.1. The summed E-state index contributed by atoms with van der Waals surface area (Å²) in [5.41, 5.74) is 6.25. The van der Waals surface area contributed by atoms with E-state index in [1.807, 2.05) is 0 Å². The zero-order chi connectivity index (χ0) is 13.1. The molecule has 0 unspecified atom stereocenters.